The summed E-state index contributed by atoms with van der Waals surface area (Å²) in [6.07, 6.45) is 0. The third-order valence-electron chi connectivity index (χ3n) is 1.31. The van der Waals surface area contributed by atoms with E-state index in [2.05, 4.69) is 0 Å². The molecule has 0 aliphatic carbocycles. The third-order valence-corrected chi connectivity index (χ3v) is 3.47. The van der Waals surface area contributed by atoms with Crippen LogP contribution in [-0.2, 0) is 14.6 Å². The van der Waals surface area contributed by atoms with Crippen LogP contribution in [0.15, 0.2) is 0 Å². The summed E-state index contributed by atoms with van der Waals surface area (Å²) in [5, 5.41) is -0.502. The van der Waals surface area contributed by atoms with Crippen molar-refractivity contribution < 1.29 is 13.2 Å². The molecule has 0 aliphatic rings. The molecule has 0 fully saturated rings. The highest BCUT2D eigenvalue weighted by molar-refractivity contribution is 7.92. The van der Waals surface area contributed by atoms with Crippen molar-refractivity contribution in [3.05, 3.63) is 0 Å². The molecule has 0 atom stereocenters. The van der Waals surface area contributed by atoms with E-state index in [0.29, 0.717) is 0 Å². The number of rotatable bonds is 4. The third kappa shape index (κ3) is 3.48. The number of Topliss-reactive ketones (excluding diaryl/α,β-unsaturated/α-hetero) is 1. The smallest absolute Gasteiger partial charge is 0.161 e. The van der Waals surface area contributed by atoms with Crippen LogP contribution in [0.5, 0.6) is 0 Å². The average Bonchev–Trinajstić information content (AvgIpc) is 1.86. The Morgan fingerprint density at radius 2 is 1.91 bits per heavy atom. The fraction of sp³-hybridized carbons (Fsp3) is 0.833. The summed E-state index contributed by atoms with van der Waals surface area (Å²) in [6.45, 7) is 2.88. The Hall–Kier alpha value is -0.420. The first kappa shape index (κ1) is 10.6. The van der Waals surface area contributed by atoms with E-state index in [0.717, 1.165) is 0 Å². The molecule has 0 aromatic rings. The number of hydrogen-bond acceptors (Lipinski definition) is 4. The standard InChI is InChI=1S/C6H13NO3S/c1-5(2)11(9,10)4-6(8)3-7/h5H,3-4,7H2,1-2H3. The van der Waals surface area contributed by atoms with Crippen LogP contribution in [0.25, 0.3) is 0 Å². The van der Waals surface area contributed by atoms with E-state index in [4.69, 9.17) is 5.73 Å². The van der Waals surface area contributed by atoms with Crippen LogP contribution in [0, 0.1) is 0 Å². The fourth-order valence-electron chi connectivity index (χ4n) is 0.450. The molecule has 0 aromatic heterocycles. The molecule has 0 heterocycles. The van der Waals surface area contributed by atoms with Crippen LogP contribution >= 0.6 is 0 Å². The SMILES string of the molecule is CC(C)S(=O)(=O)CC(=O)CN. The zero-order chi connectivity index (χ0) is 9.07. The van der Waals surface area contributed by atoms with Gasteiger partial charge in [-0.1, -0.05) is 0 Å². The molecule has 66 valence electrons. The molecule has 0 aromatic carbocycles. The van der Waals surface area contributed by atoms with E-state index < -0.39 is 26.6 Å². The van der Waals surface area contributed by atoms with E-state index in [-0.39, 0.29) is 6.54 Å². The van der Waals surface area contributed by atoms with Crippen LogP contribution in [-0.4, -0.2) is 31.7 Å². The van der Waals surface area contributed by atoms with Crippen molar-refractivity contribution in [2.24, 2.45) is 5.73 Å². The van der Waals surface area contributed by atoms with Crippen molar-refractivity contribution >= 4 is 15.6 Å². The Bertz CT molecular complexity index is 230. The predicted octanol–water partition coefficient (Wildman–Crippen LogP) is -0.663. The first-order valence-corrected chi connectivity index (χ1v) is 5.05. The zero-order valence-corrected chi connectivity index (χ0v) is 7.52. The van der Waals surface area contributed by atoms with Crippen molar-refractivity contribution in [3.8, 4) is 0 Å². The molecule has 4 nitrogen and oxygen atoms in total. The van der Waals surface area contributed by atoms with Gasteiger partial charge in [0, 0.05) is 0 Å². The van der Waals surface area contributed by atoms with Gasteiger partial charge in [-0.25, -0.2) is 8.42 Å². The predicted molar refractivity (Wildman–Crippen MR) is 43.0 cm³/mol. The number of nitrogens with two attached hydrogens (primary N) is 1. The van der Waals surface area contributed by atoms with Gasteiger partial charge in [-0.3, -0.25) is 4.79 Å². The highest BCUT2D eigenvalue weighted by atomic mass is 32.2. The summed E-state index contributed by atoms with van der Waals surface area (Å²) in [7, 11) is -3.24. The number of sulfone groups is 1. The van der Waals surface area contributed by atoms with Gasteiger partial charge >= 0.3 is 0 Å². The molecule has 0 amide bonds. The van der Waals surface area contributed by atoms with Gasteiger partial charge in [-0.2, -0.15) is 0 Å². The topological polar surface area (TPSA) is 77.2 Å². The van der Waals surface area contributed by atoms with Crippen LogP contribution in [0.1, 0.15) is 13.8 Å². The van der Waals surface area contributed by atoms with Gasteiger partial charge in [0.15, 0.2) is 15.6 Å². The number of ketones is 1. The lowest BCUT2D eigenvalue weighted by molar-refractivity contribution is -0.115. The lowest BCUT2D eigenvalue weighted by Gasteiger charge is -2.04. The van der Waals surface area contributed by atoms with Crippen molar-refractivity contribution in [1.29, 1.82) is 0 Å². The Morgan fingerprint density at radius 3 is 2.18 bits per heavy atom. The van der Waals surface area contributed by atoms with Crippen molar-refractivity contribution in [2.45, 2.75) is 19.1 Å². The van der Waals surface area contributed by atoms with Gasteiger partial charge in [-0.05, 0) is 13.8 Å². The number of carbonyl (C=O) groups excluding carboxylic acids is 1. The van der Waals surface area contributed by atoms with Gasteiger partial charge in [0.05, 0.1) is 11.8 Å². The van der Waals surface area contributed by atoms with Gasteiger partial charge < -0.3 is 5.73 Å². The summed E-state index contributed by atoms with van der Waals surface area (Å²) in [5.74, 6) is -0.861. The number of carbonyl (C=O) groups is 1. The van der Waals surface area contributed by atoms with Crippen LogP contribution in [0.4, 0.5) is 0 Å². The molecule has 0 saturated heterocycles. The minimum atomic E-state index is -3.24. The van der Waals surface area contributed by atoms with E-state index >= 15 is 0 Å². The normalized spacial score (nSPS) is 12.0. The monoisotopic (exact) mass is 179 g/mol. The second kappa shape index (κ2) is 3.82. The largest absolute Gasteiger partial charge is 0.324 e. The second-order valence-electron chi connectivity index (χ2n) is 2.60. The first-order valence-electron chi connectivity index (χ1n) is 3.33. The molecule has 11 heavy (non-hydrogen) atoms. The van der Waals surface area contributed by atoms with E-state index in [1.54, 1.807) is 13.8 Å². The molecular weight excluding hydrogens is 166 g/mol. The van der Waals surface area contributed by atoms with Gasteiger partial charge in [-0.15, -0.1) is 0 Å². The van der Waals surface area contributed by atoms with E-state index in [1.807, 2.05) is 0 Å². The highest BCUT2D eigenvalue weighted by Gasteiger charge is 2.19. The molecular formula is C6H13NO3S. The maximum absolute atomic E-state index is 11.0. The minimum absolute atomic E-state index is 0.202. The summed E-state index contributed by atoms with van der Waals surface area (Å²) in [5.41, 5.74) is 4.97. The summed E-state index contributed by atoms with van der Waals surface area (Å²) in [6, 6.07) is 0. The lowest BCUT2D eigenvalue weighted by atomic mass is 10.5. The molecule has 5 heteroatoms. The molecule has 0 rings (SSSR count). The van der Waals surface area contributed by atoms with E-state index in [1.165, 1.54) is 0 Å². The minimum Gasteiger partial charge on any atom is -0.324 e. The van der Waals surface area contributed by atoms with Crippen LogP contribution < -0.4 is 5.73 Å². The molecule has 0 spiro atoms. The maximum atomic E-state index is 11.0. The zero-order valence-electron chi connectivity index (χ0n) is 6.70. The molecule has 2 N–H and O–H groups in total. The first-order chi connectivity index (χ1) is 4.90. The Labute approximate surface area is 66.7 Å². The Morgan fingerprint density at radius 1 is 1.45 bits per heavy atom. The number of hydrogen-bond donors (Lipinski definition) is 1. The summed E-state index contributed by atoms with van der Waals surface area (Å²) < 4.78 is 22.0. The van der Waals surface area contributed by atoms with Crippen molar-refractivity contribution in [1.82, 2.24) is 0 Å². The summed E-state index contributed by atoms with van der Waals surface area (Å²) >= 11 is 0. The molecule has 0 aliphatic heterocycles. The fourth-order valence-corrected chi connectivity index (χ4v) is 1.35. The summed E-state index contributed by atoms with van der Waals surface area (Å²) in [4.78, 5) is 10.6. The molecule has 0 unspecified atom stereocenters. The second-order valence-corrected chi connectivity index (χ2v) is 5.16. The van der Waals surface area contributed by atoms with Gasteiger partial charge in [0.2, 0.25) is 0 Å². The molecule has 0 radical (unpaired) electrons. The quantitative estimate of drug-likeness (QED) is 0.621. The van der Waals surface area contributed by atoms with E-state index in [9.17, 15) is 13.2 Å². The highest BCUT2D eigenvalue weighted by Crippen LogP contribution is 1.99. The maximum Gasteiger partial charge on any atom is 0.161 e. The van der Waals surface area contributed by atoms with Crippen molar-refractivity contribution in [2.75, 3.05) is 12.3 Å². The Balaban J connectivity index is 4.27. The van der Waals surface area contributed by atoms with Gasteiger partial charge in [0.1, 0.15) is 5.75 Å². The van der Waals surface area contributed by atoms with Gasteiger partial charge in [0.25, 0.3) is 0 Å². The van der Waals surface area contributed by atoms with Crippen LogP contribution in [0.3, 0.4) is 0 Å². The van der Waals surface area contributed by atoms with Crippen molar-refractivity contribution in [3.63, 3.8) is 0 Å². The molecule has 0 saturated carbocycles. The average molecular weight is 179 g/mol. The van der Waals surface area contributed by atoms with Crippen LogP contribution in [0.2, 0.25) is 0 Å². The molecule has 0 bridgehead atoms. The Kier molecular flexibility index (Phi) is 3.68. The lowest BCUT2D eigenvalue weighted by Crippen LogP contribution is -2.27.